The fourth-order valence-corrected chi connectivity index (χ4v) is 4.79. The van der Waals surface area contributed by atoms with Crippen LogP contribution in [-0.2, 0) is 11.2 Å². The van der Waals surface area contributed by atoms with Gasteiger partial charge in [-0.1, -0.05) is 50.8 Å². The van der Waals surface area contributed by atoms with Gasteiger partial charge < -0.3 is 30.0 Å². The van der Waals surface area contributed by atoms with E-state index in [-0.39, 0.29) is 17.9 Å². The van der Waals surface area contributed by atoms with E-state index in [4.69, 9.17) is 14.2 Å². The fourth-order valence-electron chi connectivity index (χ4n) is 4.79. The Hall–Kier alpha value is -5.64. The van der Waals surface area contributed by atoms with Crippen molar-refractivity contribution in [2.75, 3.05) is 19.0 Å². The van der Waals surface area contributed by atoms with Gasteiger partial charge in [-0.3, -0.25) is 9.59 Å². The summed E-state index contributed by atoms with van der Waals surface area (Å²) >= 11 is 0. The number of hydrogen-bond acceptors (Lipinski definition) is 7. The predicted molar refractivity (Wildman–Crippen MR) is 182 cm³/mol. The number of methoxy groups -OCH3 is 1. The molecule has 10 heteroatoms. The Labute approximate surface area is 280 Å². The van der Waals surface area contributed by atoms with Crippen molar-refractivity contribution < 1.29 is 38.5 Å². The first-order chi connectivity index (χ1) is 23.2. The maximum atomic E-state index is 12.9. The zero-order chi connectivity index (χ0) is 34.3. The Kier molecular flexibility index (Phi) is 13.1. The average Bonchev–Trinajstić information content (AvgIpc) is 3.10. The van der Waals surface area contributed by atoms with Crippen molar-refractivity contribution in [3.8, 4) is 17.2 Å². The highest BCUT2D eigenvalue weighted by molar-refractivity contribution is 6.05. The number of rotatable bonds is 17. The highest BCUT2D eigenvalue weighted by Crippen LogP contribution is 2.19. The molecule has 0 saturated heterocycles. The molecule has 0 aromatic heterocycles. The van der Waals surface area contributed by atoms with Crippen LogP contribution in [0.25, 0.3) is 0 Å². The first-order valence-corrected chi connectivity index (χ1v) is 15.9. The molecule has 0 aliphatic heterocycles. The number of aliphatic carboxylic acids is 1. The summed E-state index contributed by atoms with van der Waals surface area (Å²) in [6.45, 7) is 2.81. The van der Waals surface area contributed by atoms with Crippen LogP contribution >= 0.6 is 0 Å². The summed E-state index contributed by atoms with van der Waals surface area (Å²) in [6, 6.07) is 24.8. The van der Waals surface area contributed by atoms with Crippen molar-refractivity contribution in [1.29, 1.82) is 0 Å². The third kappa shape index (κ3) is 10.7. The number of anilines is 1. The summed E-state index contributed by atoms with van der Waals surface area (Å²) in [7, 11) is 1.51. The van der Waals surface area contributed by atoms with Gasteiger partial charge in [-0.2, -0.15) is 0 Å². The van der Waals surface area contributed by atoms with Gasteiger partial charge in [0.1, 0.15) is 23.3 Å². The minimum atomic E-state index is -1.21. The number of esters is 1. The van der Waals surface area contributed by atoms with Crippen LogP contribution in [0, 0.1) is 0 Å². The van der Waals surface area contributed by atoms with Gasteiger partial charge >= 0.3 is 11.9 Å². The van der Waals surface area contributed by atoms with E-state index in [1.807, 2.05) is 0 Å². The summed E-state index contributed by atoms with van der Waals surface area (Å²) in [5, 5.41) is 15.1. The summed E-state index contributed by atoms with van der Waals surface area (Å²) in [5.41, 5.74) is 2.09. The van der Waals surface area contributed by atoms with Crippen molar-refractivity contribution in [1.82, 2.24) is 5.32 Å². The normalized spacial score (nSPS) is 11.2. The SMILES string of the molecule is CCCCCCCOc1ccc(C(=O)Oc2ccc(CC(NC(=O)c3ccc(NC(=O)c4cccc(OC)c4)cc3)C(=O)O)cc2)cc1. The van der Waals surface area contributed by atoms with Crippen LogP contribution in [0.1, 0.15) is 75.7 Å². The third-order valence-corrected chi connectivity index (χ3v) is 7.52. The topological polar surface area (TPSA) is 140 Å². The maximum absolute atomic E-state index is 12.9. The molecule has 1 atom stereocenters. The number of carboxylic acids is 1. The molecule has 0 bridgehead atoms. The molecule has 0 spiro atoms. The number of benzene rings is 4. The lowest BCUT2D eigenvalue weighted by molar-refractivity contribution is -0.139. The lowest BCUT2D eigenvalue weighted by atomic mass is 10.0. The molecule has 0 heterocycles. The highest BCUT2D eigenvalue weighted by Gasteiger charge is 2.21. The second kappa shape index (κ2) is 17.9. The molecule has 0 radical (unpaired) electrons. The van der Waals surface area contributed by atoms with E-state index < -0.39 is 23.9 Å². The molecule has 0 aliphatic carbocycles. The summed E-state index contributed by atoms with van der Waals surface area (Å²) in [5.74, 6) is -1.13. The number of amides is 2. The standard InChI is InChI=1S/C38H40N2O8/c1-3-4-5-6-7-23-47-31-21-15-28(16-22-31)38(45)48-32-19-11-26(12-20-32)24-34(37(43)44)40-35(41)27-13-17-30(18-14-27)39-36(42)29-9-8-10-33(25-29)46-2/h8-22,25,34H,3-7,23-24H2,1-2H3,(H,39,42)(H,40,41)(H,43,44). The van der Waals surface area contributed by atoms with Crippen LogP contribution < -0.4 is 24.8 Å². The first-order valence-electron chi connectivity index (χ1n) is 15.9. The van der Waals surface area contributed by atoms with E-state index in [2.05, 4.69) is 17.6 Å². The third-order valence-electron chi connectivity index (χ3n) is 7.52. The van der Waals surface area contributed by atoms with Crippen molar-refractivity contribution in [3.63, 3.8) is 0 Å². The Morgan fingerprint density at radius 3 is 2.04 bits per heavy atom. The number of nitrogens with one attached hydrogen (secondary N) is 2. The molecule has 2 amide bonds. The van der Waals surface area contributed by atoms with Crippen LogP contribution in [0.5, 0.6) is 17.2 Å². The van der Waals surface area contributed by atoms with E-state index >= 15 is 0 Å². The van der Waals surface area contributed by atoms with Crippen molar-refractivity contribution in [2.24, 2.45) is 0 Å². The molecule has 0 aliphatic rings. The molecule has 0 fully saturated rings. The van der Waals surface area contributed by atoms with Gasteiger partial charge in [-0.25, -0.2) is 9.59 Å². The quantitative estimate of drug-likeness (QED) is 0.0633. The molecule has 4 aromatic rings. The number of carbonyl (C=O) groups is 4. The van der Waals surface area contributed by atoms with Gasteiger partial charge in [0.25, 0.3) is 11.8 Å². The minimum absolute atomic E-state index is 0.00401. The minimum Gasteiger partial charge on any atom is -0.497 e. The largest absolute Gasteiger partial charge is 0.497 e. The number of carbonyl (C=O) groups excluding carboxylic acids is 3. The van der Waals surface area contributed by atoms with Crippen LogP contribution in [0.2, 0.25) is 0 Å². The van der Waals surface area contributed by atoms with Crippen LogP contribution in [0.3, 0.4) is 0 Å². The highest BCUT2D eigenvalue weighted by atomic mass is 16.5. The number of carboxylic acid groups (broad SMARTS) is 1. The van der Waals surface area contributed by atoms with Crippen LogP contribution in [-0.4, -0.2) is 48.6 Å². The van der Waals surface area contributed by atoms with Crippen molar-refractivity contribution >= 4 is 29.4 Å². The Morgan fingerprint density at radius 2 is 1.38 bits per heavy atom. The monoisotopic (exact) mass is 652 g/mol. The Morgan fingerprint density at radius 1 is 0.708 bits per heavy atom. The van der Waals surface area contributed by atoms with Crippen LogP contribution in [0.15, 0.2) is 97.1 Å². The Bertz CT molecular complexity index is 1670. The maximum Gasteiger partial charge on any atom is 0.343 e. The first kappa shape index (κ1) is 35.2. The molecule has 3 N–H and O–H groups in total. The van der Waals surface area contributed by atoms with Gasteiger partial charge in [-0.05, 0) is 90.8 Å². The van der Waals surface area contributed by atoms with Gasteiger partial charge in [0.15, 0.2) is 0 Å². The average molecular weight is 653 g/mol. The van der Waals surface area contributed by atoms with Gasteiger partial charge in [0.05, 0.1) is 19.3 Å². The second-order valence-corrected chi connectivity index (χ2v) is 11.2. The summed E-state index contributed by atoms with van der Waals surface area (Å²) < 4.78 is 16.4. The molecule has 4 rings (SSSR count). The zero-order valence-electron chi connectivity index (χ0n) is 27.1. The van der Waals surface area contributed by atoms with E-state index in [1.54, 1.807) is 84.9 Å². The predicted octanol–water partition coefficient (Wildman–Crippen LogP) is 6.94. The van der Waals surface area contributed by atoms with E-state index in [1.165, 1.54) is 38.5 Å². The number of ether oxygens (including phenoxy) is 3. The zero-order valence-corrected chi connectivity index (χ0v) is 27.1. The molecule has 4 aromatic carbocycles. The molecule has 10 nitrogen and oxygen atoms in total. The lowest BCUT2D eigenvalue weighted by Gasteiger charge is -2.15. The summed E-state index contributed by atoms with van der Waals surface area (Å²) in [4.78, 5) is 50.1. The Balaban J connectivity index is 1.26. The number of hydrogen-bond donors (Lipinski definition) is 3. The number of unbranched alkanes of at least 4 members (excludes halogenated alkanes) is 4. The second-order valence-electron chi connectivity index (χ2n) is 11.2. The van der Waals surface area contributed by atoms with Gasteiger partial charge in [-0.15, -0.1) is 0 Å². The fraction of sp³-hybridized carbons (Fsp3) is 0.263. The summed E-state index contributed by atoms with van der Waals surface area (Å²) in [6.07, 6.45) is 5.76. The molecular weight excluding hydrogens is 612 g/mol. The smallest absolute Gasteiger partial charge is 0.343 e. The molecular formula is C38H40N2O8. The molecule has 1 unspecified atom stereocenters. The van der Waals surface area contributed by atoms with Gasteiger partial charge in [0, 0.05) is 23.2 Å². The lowest BCUT2D eigenvalue weighted by Crippen LogP contribution is -2.42. The molecule has 250 valence electrons. The van der Waals surface area contributed by atoms with Crippen molar-refractivity contribution in [3.05, 3.63) is 119 Å². The van der Waals surface area contributed by atoms with Crippen LogP contribution in [0.4, 0.5) is 5.69 Å². The van der Waals surface area contributed by atoms with E-state index in [0.29, 0.717) is 46.2 Å². The molecule has 0 saturated carbocycles. The van der Waals surface area contributed by atoms with Gasteiger partial charge in [0.2, 0.25) is 0 Å². The van der Waals surface area contributed by atoms with E-state index in [0.717, 1.165) is 12.8 Å². The van der Waals surface area contributed by atoms with E-state index in [9.17, 15) is 24.3 Å². The van der Waals surface area contributed by atoms with Crippen molar-refractivity contribution in [2.45, 2.75) is 51.5 Å². The molecule has 48 heavy (non-hydrogen) atoms.